The van der Waals surface area contributed by atoms with E-state index in [0.29, 0.717) is 11.3 Å². The van der Waals surface area contributed by atoms with E-state index < -0.39 is 5.63 Å². The summed E-state index contributed by atoms with van der Waals surface area (Å²) >= 11 is 0. The van der Waals surface area contributed by atoms with Crippen molar-refractivity contribution in [2.75, 3.05) is 5.73 Å². The highest BCUT2D eigenvalue weighted by Gasteiger charge is 2.15. The molecule has 0 aliphatic rings. The van der Waals surface area contributed by atoms with E-state index >= 15 is 0 Å². The SMILES string of the molecule is CC(C)(C)c1ccc2oc(=O)cc(N)c2c1. The van der Waals surface area contributed by atoms with E-state index in [1.54, 1.807) is 6.07 Å². The van der Waals surface area contributed by atoms with Crippen LogP contribution in [-0.4, -0.2) is 0 Å². The number of hydrogen-bond donors (Lipinski definition) is 1. The molecule has 1 heterocycles. The summed E-state index contributed by atoms with van der Waals surface area (Å²) < 4.78 is 5.07. The quantitative estimate of drug-likeness (QED) is 0.690. The van der Waals surface area contributed by atoms with Crippen LogP contribution in [0.3, 0.4) is 0 Å². The maximum absolute atomic E-state index is 11.1. The fourth-order valence-corrected chi connectivity index (χ4v) is 1.65. The molecule has 1 aromatic carbocycles. The first kappa shape index (κ1) is 10.7. The number of fused-ring (bicyclic) bond motifs is 1. The number of benzene rings is 1. The smallest absolute Gasteiger partial charge is 0.338 e. The highest BCUT2D eigenvalue weighted by atomic mass is 16.4. The third-order valence-electron chi connectivity index (χ3n) is 2.64. The van der Waals surface area contributed by atoms with Crippen molar-refractivity contribution in [1.29, 1.82) is 0 Å². The van der Waals surface area contributed by atoms with Gasteiger partial charge < -0.3 is 10.2 Å². The van der Waals surface area contributed by atoms with Crippen LogP contribution in [0.15, 0.2) is 33.5 Å². The van der Waals surface area contributed by atoms with Gasteiger partial charge in [0.1, 0.15) is 5.58 Å². The second-order valence-corrected chi connectivity index (χ2v) is 4.98. The minimum Gasteiger partial charge on any atom is -0.423 e. The highest BCUT2D eigenvalue weighted by molar-refractivity contribution is 5.88. The van der Waals surface area contributed by atoms with Gasteiger partial charge in [0, 0.05) is 17.1 Å². The molecule has 1 aromatic heterocycles. The summed E-state index contributed by atoms with van der Waals surface area (Å²) in [6.45, 7) is 6.39. The fourth-order valence-electron chi connectivity index (χ4n) is 1.65. The molecule has 3 nitrogen and oxygen atoms in total. The minimum absolute atomic E-state index is 0.0523. The van der Waals surface area contributed by atoms with Gasteiger partial charge in [0.25, 0.3) is 0 Å². The molecule has 0 fully saturated rings. The highest BCUT2D eigenvalue weighted by Crippen LogP contribution is 2.27. The Morgan fingerprint density at radius 1 is 1.19 bits per heavy atom. The lowest BCUT2D eigenvalue weighted by molar-refractivity contribution is 0.559. The Balaban J connectivity index is 2.76. The first-order valence-corrected chi connectivity index (χ1v) is 5.22. The predicted molar refractivity (Wildman–Crippen MR) is 65.6 cm³/mol. The second kappa shape index (κ2) is 3.37. The number of rotatable bonds is 0. The van der Waals surface area contributed by atoms with Crippen molar-refractivity contribution >= 4 is 16.7 Å². The Bertz CT molecular complexity index is 591. The van der Waals surface area contributed by atoms with Crippen LogP contribution in [0.1, 0.15) is 26.3 Å². The fraction of sp³-hybridized carbons (Fsp3) is 0.308. The second-order valence-electron chi connectivity index (χ2n) is 4.98. The summed E-state index contributed by atoms with van der Waals surface area (Å²) in [5, 5.41) is 0.798. The van der Waals surface area contributed by atoms with Gasteiger partial charge in [-0.1, -0.05) is 26.8 Å². The lowest BCUT2D eigenvalue weighted by Crippen LogP contribution is -2.11. The molecule has 0 unspecified atom stereocenters. The molecule has 0 spiro atoms. The van der Waals surface area contributed by atoms with Crippen LogP contribution >= 0.6 is 0 Å². The van der Waals surface area contributed by atoms with E-state index in [-0.39, 0.29) is 5.41 Å². The first-order chi connectivity index (χ1) is 7.38. The number of nitrogen functional groups attached to an aromatic ring is 1. The van der Waals surface area contributed by atoms with Crippen LogP contribution in [0.5, 0.6) is 0 Å². The summed E-state index contributed by atoms with van der Waals surface area (Å²) in [4.78, 5) is 11.1. The van der Waals surface area contributed by atoms with Crippen molar-refractivity contribution in [3.63, 3.8) is 0 Å². The third kappa shape index (κ3) is 1.81. The molecule has 2 aromatic rings. The van der Waals surface area contributed by atoms with E-state index in [0.717, 1.165) is 5.39 Å². The molecule has 0 aliphatic carbocycles. The third-order valence-corrected chi connectivity index (χ3v) is 2.64. The summed E-state index contributed by atoms with van der Waals surface area (Å²) in [6.07, 6.45) is 0. The Kier molecular flexibility index (Phi) is 2.26. The van der Waals surface area contributed by atoms with Gasteiger partial charge in [0.2, 0.25) is 0 Å². The molecule has 0 aliphatic heterocycles. The van der Waals surface area contributed by atoms with Gasteiger partial charge >= 0.3 is 5.63 Å². The molecule has 0 bridgehead atoms. The van der Waals surface area contributed by atoms with Gasteiger partial charge in [0.15, 0.2) is 0 Å². The molecule has 0 saturated carbocycles. The maximum atomic E-state index is 11.1. The van der Waals surface area contributed by atoms with Crippen LogP contribution in [0.2, 0.25) is 0 Å². The Hall–Kier alpha value is -1.77. The average Bonchev–Trinajstić information content (AvgIpc) is 2.15. The zero-order chi connectivity index (χ0) is 11.9. The first-order valence-electron chi connectivity index (χ1n) is 5.22. The van der Waals surface area contributed by atoms with E-state index in [1.807, 2.05) is 12.1 Å². The standard InChI is InChI=1S/C13H15NO2/c1-13(2,3)8-4-5-11-9(6-8)10(14)7-12(15)16-11/h4-7H,14H2,1-3H3. The average molecular weight is 217 g/mol. The van der Waals surface area contributed by atoms with Gasteiger partial charge in [-0.25, -0.2) is 4.79 Å². The zero-order valence-electron chi connectivity index (χ0n) is 9.70. The van der Waals surface area contributed by atoms with Gasteiger partial charge in [-0.2, -0.15) is 0 Å². The van der Waals surface area contributed by atoms with Gasteiger partial charge in [0.05, 0.1) is 0 Å². The molecule has 84 valence electrons. The van der Waals surface area contributed by atoms with Crippen molar-refractivity contribution in [1.82, 2.24) is 0 Å². The Morgan fingerprint density at radius 2 is 1.88 bits per heavy atom. The zero-order valence-corrected chi connectivity index (χ0v) is 9.70. The monoisotopic (exact) mass is 217 g/mol. The lowest BCUT2D eigenvalue weighted by Gasteiger charge is -2.19. The molecule has 3 heteroatoms. The van der Waals surface area contributed by atoms with Crippen molar-refractivity contribution in [2.24, 2.45) is 0 Å². The molecule has 2 rings (SSSR count). The summed E-state index contributed by atoms with van der Waals surface area (Å²) in [5.41, 5.74) is 7.63. The maximum Gasteiger partial charge on any atom is 0.338 e. The molecule has 0 atom stereocenters. The van der Waals surface area contributed by atoms with Gasteiger partial charge in [-0.3, -0.25) is 0 Å². The van der Waals surface area contributed by atoms with Crippen LogP contribution in [0.4, 0.5) is 5.69 Å². The molecule has 0 amide bonds. The molecule has 16 heavy (non-hydrogen) atoms. The Morgan fingerprint density at radius 3 is 2.50 bits per heavy atom. The molecule has 0 saturated heterocycles. The number of nitrogens with two attached hydrogens (primary N) is 1. The topological polar surface area (TPSA) is 56.2 Å². The van der Waals surface area contributed by atoms with Crippen molar-refractivity contribution in [3.8, 4) is 0 Å². The predicted octanol–water partition coefficient (Wildman–Crippen LogP) is 2.67. The van der Waals surface area contributed by atoms with Crippen LogP contribution < -0.4 is 11.4 Å². The van der Waals surface area contributed by atoms with E-state index in [4.69, 9.17) is 10.2 Å². The van der Waals surface area contributed by atoms with Crippen LogP contribution in [0, 0.1) is 0 Å². The molecule has 2 N–H and O–H groups in total. The van der Waals surface area contributed by atoms with Crippen LogP contribution in [0.25, 0.3) is 11.0 Å². The van der Waals surface area contributed by atoms with Crippen molar-refractivity contribution in [3.05, 3.63) is 40.2 Å². The van der Waals surface area contributed by atoms with Gasteiger partial charge in [-0.15, -0.1) is 0 Å². The summed E-state index contributed by atoms with van der Waals surface area (Å²) in [5.74, 6) is 0. The molecule has 0 radical (unpaired) electrons. The van der Waals surface area contributed by atoms with Crippen molar-refractivity contribution in [2.45, 2.75) is 26.2 Å². The lowest BCUT2D eigenvalue weighted by atomic mass is 9.86. The summed E-state index contributed by atoms with van der Waals surface area (Å²) in [7, 11) is 0. The Labute approximate surface area is 93.9 Å². The van der Waals surface area contributed by atoms with Crippen LogP contribution in [-0.2, 0) is 5.41 Å². The minimum atomic E-state index is -0.409. The van der Waals surface area contributed by atoms with Crippen molar-refractivity contribution < 1.29 is 4.42 Å². The largest absolute Gasteiger partial charge is 0.423 e. The number of hydrogen-bond acceptors (Lipinski definition) is 3. The van der Waals surface area contributed by atoms with E-state index in [2.05, 4.69) is 20.8 Å². The number of anilines is 1. The molecular weight excluding hydrogens is 202 g/mol. The molecular formula is C13H15NO2. The van der Waals surface area contributed by atoms with Gasteiger partial charge in [-0.05, 0) is 23.1 Å². The summed E-state index contributed by atoms with van der Waals surface area (Å²) in [6, 6.07) is 7.06. The van der Waals surface area contributed by atoms with E-state index in [9.17, 15) is 4.79 Å². The van der Waals surface area contributed by atoms with E-state index in [1.165, 1.54) is 11.6 Å². The normalized spacial score (nSPS) is 11.9.